The summed E-state index contributed by atoms with van der Waals surface area (Å²) < 4.78 is 0. The molecule has 2 aromatic rings. The lowest BCUT2D eigenvalue weighted by Gasteiger charge is -2.31. The van der Waals surface area contributed by atoms with Gasteiger partial charge in [0.2, 0.25) is 6.04 Å². The molecular weight excluding hydrogens is 324 g/mol. The van der Waals surface area contributed by atoms with Gasteiger partial charge in [-0.1, -0.05) is 80.9 Å². The minimum atomic E-state index is -0.324. The lowest BCUT2D eigenvalue weighted by atomic mass is 10.0. The van der Waals surface area contributed by atoms with Gasteiger partial charge in [-0.2, -0.15) is 5.17 Å². The van der Waals surface area contributed by atoms with E-state index < -0.39 is 0 Å². The highest BCUT2D eigenvalue weighted by Crippen LogP contribution is 2.18. The van der Waals surface area contributed by atoms with Crippen LogP contribution in [-0.4, -0.2) is 22.1 Å². The van der Waals surface area contributed by atoms with Crippen molar-refractivity contribution >= 4 is 0 Å². The number of hydrogen-bond donors (Lipinski definition) is 0. The van der Waals surface area contributed by atoms with Crippen LogP contribution in [0.5, 0.6) is 0 Å². The van der Waals surface area contributed by atoms with E-state index in [0.29, 0.717) is 35.7 Å². The van der Waals surface area contributed by atoms with E-state index in [1.54, 1.807) is 0 Å². The van der Waals surface area contributed by atoms with Gasteiger partial charge in [-0.25, -0.2) is 0 Å². The highest BCUT2D eigenvalue weighted by atomic mass is 16.6. The molecule has 2 atom stereocenters. The third kappa shape index (κ3) is 5.95. The fourth-order valence-electron chi connectivity index (χ4n) is 3.34. The molecule has 0 N–H and O–H groups in total. The second-order valence-corrected chi connectivity index (χ2v) is 6.87. The van der Waals surface area contributed by atoms with Gasteiger partial charge in [0, 0.05) is 12.8 Å². The van der Waals surface area contributed by atoms with E-state index in [9.17, 15) is 10.1 Å². The molecule has 0 saturated heterocycles. The Hall–Kier alpha value is -2.20. The number of rotatable bonds is 11. The topological polar surface area (TPSA) is 46.4 Å². The van der Waals surface area contributed by atoms with Crippen molar-refractivity contribution in [3.63, 3.8) is 0 Å². The van der Waals surface area contributed by atoms with Crippen LogP contribution in [0.1, 0.15) is 50.7 Å². The molecule has 0 aliphatic rings. The van der Waals surface area contributed by atoms with Crippen LogP contribution in [0.4, 0.5) is 0 Å². The number of hydrogen-bond acceptors (Lipinski definition) is 2. The first-order valence-electron chi connectivity index (χ1n) is 9.66. The summed E-state index contributed by atoms with van der Waals surface area (Å²) in [5.74, 6) is 0. The van der Waals surface area contributed by atoms with Crippen molar-refractivity contribution in [2.24, 2.45) is 0 Å². The largest absolute Gasteiger partial charge is 0.704 e. The van der Waals surface area contributed by atoms with Crippen LogP contribution < -0.4 is 0 Å². The molecule has 0 amide bonds. The molecule has 0 bridgehead atoms. The summed E-state index contributed by atoms with van der Waals surface area (Å²) in [7, 11) is 0. The van der Waals surface area contributed by atoms with Crippen molar-refractivity contribution in [1.82, 2.24) is 5.17 Å². The maximum absolute atomic E-state index is 12.9. The first kappa shape index (κ1) is 20.1. The molecule has 2 aromatic carbocycles. The zero-order valence-electron chi connectivity index (χ0n) is 15.9. The Bertz CT molecular complexity index is 646. The van der Waals surface area contributed by atoms with Gasteiger partial charge in [-0.3, -0.25) is 0 Å². The molecule has 4 heteroatoms. The van der Waals surface area contributed by atoms with E-state index in [1.165, 1.54) is 0 Å². The van der Waals surface area contributed by atoms with Gasteiger partial charge in [0.25, 0.3) is 0 Å². The molecule has 0 heterocycles. The van der Waals surface area contributed by atoms with E-state index in [2.05, 4.69) is 13.8 Å². The molecule has 4 nitrogen and oxygen atoms in total. The predicted molar refractivity (Wildman–Crippen MR) is 107 cm³/mol. The Balaban J connectivity index is 2.10. The molecule has 0 spiro atoms. The summed E-state index contributed by atoms with van der Waals surface area (Å²) in [5.41, 5.74) is 2.19. The van der Waals surface area contributed by atoms with Gasteiger partial charge in [-0.05, 0) is 30.4 Å². The zero-order chi connectivity index (χ0) is 18.8. The van der Waals surface area contributed by atoms with E-state index in [-0.39, 0.29) is 12.1 Å². The second kappa shape index (κ2) is 10.7. The molecule has 140 valence electrons. The molecule has 26 heavy (non-hydrogen) atoms. The normalized spacial score (nSPS) is 13.2. The summed E-state index contributed by atoms with van der Waals surface area (Å²) >= 11 is 0. The minimum absolute atomic E-state index is 0.324. The quantitative estimate of drug-likeness (QED) is 0.406. The van der Waals surface area contributed by atoms with Crippen molar-refractivity contribution in [2.75, 3.05) is 0 Å². The van der Waals surface area contributed by atoms with Crippen LogP contribution in [-0.2, 0) is 12.8 Å². The Morgan fingerprint density at radius 3 is 1.85 bits per heavy atom. The predicted octanol–water partition coefficient (Wildman–Crippen LogP) is 5.30. The van der Waals surface area contributed by atoms with Crippen LogP contribution >= 0.6 is 0 Å². The van der Waals surface area contributed by atoms with E-state index >= 15 is 0 Å². The average molecular weight is 354 g/mol. The van der Waals surface area contributed by atoms with Crippen LogP contribution in [0.2, 0.25) is 0 Å². The molecule has 0 radical (unpaired) electrons. The minimum Gasteiger partial charge on any atom is -0.704 e. The van der Waals surface area contributed by atoms with Crippen molar-refractivity contribution in [3.8, 4) is 0 Å². The first-order valence-corrected chi connectivity index (χ1v) is 9.66. The second-order valence-electron chi connectivity index (χ2n) is 6.87. The van der Waals surface area contributed by atoms with Gasteiger partial charge in [-0.15, -0.1) is 0 Å². The molecule has 0 aromatic heterocycles. The van der Waals surface area contributed by atoms with E-state index in [4.69, 9.17) is 0 Å². The summed E-state index contributed by atoms with van der Waals surface area (Å²) in [6.45, 7) is 4.10. The van der Waals surface area contributed by atoms with E-state index in [0.717, 1.165) is 24.0 Å². The highest BCUT2D eigenvalue weighted by Gasteiger charge is 2.31. The molecule has 0 fully saturated rings. The lowest BCUT2D eigenvalue weighted by Crippen LogP contribution is -2.44. The fourth-order valence-corrected chi connectivity index (χ4v) is 3.34. The Morgan fingerprint density at radius 2 is 1.35 bits per heavy atom. The fraction of sp³-hybridized carbons (Fsp3) is 0.455. The van der Waals surface area contributed by atoms with E-state index in [1.807, 2.05) is 60.7 Å². The van der Waals surface area contributed by atoms with Gasteiger partial charge in [0.05, 0.1) is 10.9 Å². The smallest absolute Gasteiger partial charge is 0.237 e. The van der Waals surface area contributed by atoms with Crippen LogP contribution in [0.15, 0.2) is 60.7 Å². The summed E-state index contributed by atoms with van der Waals surface area (Å²) in [5, 5.41) is 13.6. The maximum Gasteiger partial charge on any atom is 0.237 e. The summed E-state index contributed by atoms with van der Waals surface area (Å²) in [6.07, 6.45) is 4.37. The highest BCUT2D eigenvalue weighted by molar-refractivity contribution is 5.16. The van der Waals surface area contributed by atoms with Crippen molar-refractivity contribution in [2.45, 2.75) is 64.5 Å². The van der Waals surface area contributed by atoms with Gasteiger partial charge >= 0.3 is 0 Å². The van der Waals surface area contributed by atoms with Crippen LogP contribution in [0.25, 0.3) is 0 Å². The number of benzene rings is 2. The van der Waals surface area contributed by atoms with Crippen LogP contribution in [0.3, 0.4) is 0 Å². The number of hydroxylamine groups is 1. The number of hydrazine groups is 1. The third-order valence-electron chi connectivity index (χ3n) is 4.69. The molecule has 0 aliphatic heterocycles. The molecule has 2 unspecified atom stereocenters. The zero-order valence-corrected chi connectivity index (χ0v) is 15.9. The lowest BCUT2D eigenvalue weighted by molar-refractivity contribution is -0.730. The summed E-state index contributed by atoms with van der Waals surface area (Å²) in [4.78, 5) is 13.6. The molecule has 0 aliphatic carbocycles. The third-order valence-corrected chi connectivity index (χ3v) is 4.69. The molecular formula is C22H30N2O2. The average Bonchev–Trinajstić information content (AvgIpc) is 2.68. The Kier molecular flexibility index (Phi) is 8.29. The Labute approximate surface area is 157 Å². The van der Waals surface area contributed by atoms with Gasteiger partial charge < -0.3 is 5.21 Å². The number of nitroso groups, excluding NO2 is 1. The molecule has 2 rings (SSSR count). The molecule has 0 saturated carbocycles. The Morgan fingerprint density at radius 1 is 0.846 bits per heavy atom. The van der Waals surface area contributed by atoms with Crippen molar-refractivity contribution in [3.05, 3.63) is 81.9 Å². The van der Waals surface area contributed by atoms with Gasteiger partial charge in [0.15, 0.2) is 0 Å². The SMILES string of the molecule is CCCC(Cc1ccccc1)N([O-])[N+](=O)C(CCC)Cc1ccccc1. The van der Waals surface area contributed by atoms with Crippen molar-refractivity contribution in [1.29, 1.82) is 0 Å². The van der Waals surface area contributed by atoms with Gasteiger partial charge in [0.1, 0.15) is 4.87 Å². The number of nitrogens with zero attached hydrogens (tertiary/aromatic N) is 2. The maximum atomic E-state index is 12.9. The standard InChI is InChI=1S/C22H30N2O2/c1-3-11-21(17-19-13-7-5-8-14-19)23(25)24(26)22(12-4-2)18-20-15-9-6-10-16-20/h5-10,13-16,21-22H,3-4,11-12,17-18H2,1-2H3. The summed E-state index contributed by atoms with van der Waals surface area (Å²) in [6, 6.07) is 19.2. The van der Waals surface area contributed by atoms with Crippen LogP contribution in [0, 0.1) is 10.1 Å². The monoisotopic (exact) mass is 354 g/mol. The van der Waals surface area contributed by atoms with Crippen molar-refractivity contribution < 1.29 is 4.87 Å². The first-order chi connectivity index (χ1) is 12.7.